The molecule has 25 heavy (non-hydrogen) atoms. The summed E-state index contributed by atoms with van der Waals surface area (Å²) in [5.74, 6) is -0.0927. The molecule has 2 atom stereocenters. The molecule has 0 aliphatic carbocycles. The third-order valence-corrected chi connectivity index (χ3v) is 7.96. The van der Waals surface area contributed by atoms with E-state index >= 15 is 0 Å². The summed E-state index contributed by atoms with van der Waals surface area (Å²) < 4.78 is 24.1. The number of sulfone groups is 1. The predicted octanol–water partition coefficient (Wildman–Crippen LogP) is 3.79. The Labute approximate surface area is 161 Å². The molecule has 1 amide bonds. The second-order valence-electron chi connectivity index (χ2n) is 6.16. The van der Waals surface area contributed by atoms with Crippen molar-refractivity contribution in [2.75, 3.05) is 16.4 Å². The van der Waals surface area contributed by atoms with Gasteiger partial charge in [-0.1, -0.05) is 48.3 Å². The Morgan fingerprint density at radius 3 is 2.84 bits per heavy atom. The second-order valence-corrected chi connectivity index (χ2v) is 10.4. The monoisotopic (exact) mass is 420 g/mol. The number of hydrogen-bond acceptors (Lipinski definition) is 4. The highest BCUT2D eigenvalue weighted by atomic mass is 35.5. The number of fused-ring (bicyclic) bond motifs is 1. The zero-order valence-electron chi connectivity index (χ0n) is 13.6. The van der Waals surface area contributed by atoms with E-state index in [9.17, 15) is 13.2 Å². The lowest BCUT2D eigenvalue weighted by atomic mass is 10.2. The number of carbonyl (C=O) groups is 1. The number of unbranched alkanes of at least 4 members (excludes halogenated alkanes) is 1. The molecule has 0 N–H and O–H groups in total. The van der Waals surface area contributed by atoms with Crippen LogP contribution in [0.5, 0.6) is 0 Å². The minimum Gasteiger partial charge on any atom is -0.314 e. The van der Waals surface area contributed by atoms with Crippen LogP contribution in [0.25, 0.3) is 0 Å². The van der Waals surface area contributed by atoms with Crippen molar-refractivity contribution in [2.45, 2.75) is 37.5 Å². The van der Waals surface area contributed by atoms with Crippen LogP contribution < -0.4 is 4.90 Å². The molecule has 1 aromatic rings. The Hall–Kier alpha value is -0.760. The van der Waals surface area contributed by atoms with Gasteiger partial charge in [0.2, 0.25) is 5.91 Å². The van der Waals surface area contributed by atoms with Crippen molar-refractivity contribution in [3.05, 3.63) is 28.2 Å². The number of hydrogen-bond donors (Lipinski definition) is 0. The van der Waals surface area contributed by atoms with Gasteiger partial charge in [-0.25, -0.2) is 8.42 Å². The van der Waals surface area contributed by atoms with Crippen LogP contribution in [-0.4, -0.2) is 42.3 Å². The summed E-state index contributed by atoms with van der Waals surface area (Å²) in [6.45, 7) is 2.01. The van der Waals surface area contributed by atoms with Gasteiger partial charge in [-0.15, -0.1) is 0 Å². The molecular weight excluding hydrogens is 403 g/mol. The Kier molecular flexibility index (Phi) is 5.68. The first-order chi connectivity index (χ1) is 11.8. The van der Waals surface area contributed by atoms with Crippen molar-refractivity contribution in [3.8, 4) is 0 Å². The highest BCUT2D eigenvalue weighted by Gasteiger charge is 2.49. The van der Waals surface area contributed by atoms with Gasteiger partial charge in [0.1, 0.15) is 0 Å². The standard InChI is InChI=1S/C16H18Cl2N2O3S2/c1-2-3-4-15(21)19-16-20(12-7-10(17)5-6-11(12)18)13-8-25(22,23)9-14(13)24-16/h5-7,13-14H,2-4,8-9H2,1H3/t13-,14-/m0/s1. The summed E-state index contributed by atoms with van der Waals surface area (Å²) >= 11 is 13.8. The molecule has 136 valence electrons. The molecule has 2 saturated heterocycles. The molecule has 0 bridgehead atoms. The van der Waals surface area contributed by atoms with Gasteiger partial charge in [-0.05, 0) is 24.6 Å². The summed E-state index contributed by atoms with van der Waals surface area (Å²) in [6.07, 6.45) is 2.07. The third kappa shape index (κ3) is 4.15. The van der Waals surface area contributed by atoms with Crippen LogP contribution in [-0.2, 0) is 14.6 Å². The van der Waals surface area contributed by atoms with Crippen LogP contribution in [0.3, 0.4) is 0 Å². The van der Waals surface area contributed by atoms with Gasteiger partial charge in [-0.2, -0.15) is 4.99 Å². The summed E-state index contributed by atoms with van der Waals surface area (Å²) in [7, 11) is -3.11. The van der Waals surface area contributed by atoms with E-state index in [2.05, 4.69) is 4.99 Å². The number of nitrogens with zero attached hydrogens (tertiary/aromatic N) is 2. The van der Waals surface area contributed by atoms with Crippen molar-refractivity contribution in [1.29, 1.82) is 0 Å². The van der Waals surface area contributed by atoms with Gasteiger partial charge in [-0.3, -0.25) is 4.79 Å². The molecule has 0 saturated carbocycles. The van der Waals surface area contributed by atoms with E-state index in [1.54, 1.807) is 23.1 Å². The fourth-order valence-corrected chi connectivity index (χ4v) is 7.31. The minimum atomic E-state index is -3.11. The highest BCUT2D eigenvalue weighted by Crippen LogP contribution is 2.43. The fraction of sp³-hybridized carbons (Fsp3) is 0.500. The second kappa shape index (κ2) is 7.47. The van der Waals surface area contributed by atoms with Gasteiger partial charge in [0.05, 0.1) is 28.3 Å². The lowest BCUT2D eigenvalue weighted by Gasteiger charge is -2.25. The number of anilines is 1. The van der Waals surface area contributed by atoms with Crippen LogP contribution in [0, 0.1) is 0 Å². The first-order valence-electron chi connectivity index (χ1n) is 8.03. The number of halogens is 2. The summed E-state index contributed by atoms with van der Waals surface area (Å²) in [5.41, 5.74) is 0.591. The summed E-state index contributed by atoms with van der Waals surface area (Å²) in [6, 6.07) is 4.73. The zero-order valence-corrected chi connectivity index (χ0v) is 16.8. The molecule has 2 aliphatic heterocycles. The van der Waals surface area contributed by atoms with E-state index in [1.807, 2.05) is 6.92 Å². The normalized spacial score (nSPS) is 26.2. The molecule has 9 heteroatoms. The summed E-state index contributed by atoms with van der Waals surface area (Å²) in [4.78, 5) is 18.1. The van der Waals surface area contributed by atoms with Crippen molar-refractivity contribution in [2.24, 2.45) is 4.99 Å². The molecule has 5 nitrogen and oxygen atoms in total. The van der Waals surface area contributed by atoms with E-state index in [0.29, 0.717) is 27.3 Å². The fourth-order valence-electron chi connectivity index (χ4n) is 3.01. The third-order valence-electron chi connectivity index (χ3n) is 4.20. The maximum Gasteiger partial charge on any atom is 0.248 e. The zero-order chi connectivity index (χ0) is 18.2. The Bertz CT molecular complexity index is 827. The molecule has 0 radical (unpaired) electrons. The number of aliphatic imine (C=N–C) groups is 1. The predicted molar refractivity (Wildman–Crippen MR) is 105 cm³/mol. The molecule has 0 aromatic heterocycles. The smallest absolute Gasteiger partial charge is 0.248 e. The summed E-state index contributed by atoms with van der Waals surface area (Å²) in [5, 5.41) is 1.29. The van der Waals surface area contributed by atoms with Crippen LogP contribution >= 0.6 is 35.0 Å². The lowest BCUT2D eigenvalue weighted by molar-refractivity contribution is -0.117. The molecule has 2 fully saturated rings. The van der Waals surface area contributed by atoms with E-state index < -0.39 is 9.84 Å². The van der Waals surface area contributed by atoms with Crippen molar-refractivity contribution >= 4 is 61.6 Å². The van der Waals surface area contributed by atoms with Gasteiger partial charge in [0.15, 0.2) is 15.0 Å². The van der Waals surface area contributed by atoms with E-state index in [0.717, 1.165) is 12.8 Å². The molecule has 2 heterocycles. The number of amides is 1. The van der Waals surface area contributed by atoms with E-state index in [4.69, 9.17) is 23.2 Å². The molecular formula is C16H18Cl2N2O3S2. The first kappa shape index (κ1) is 19.0. The maximum atomic E-state index is 12.1. The topological polar surface area (TPSA) is 66.8 Å². The van der Waals surface area contributed by atoms with Crippen LogP contribution in [0.4, 0.5) is 5.69 Å². The van der Waals surface area contributed by atoms with E-state index in [-0.39, 0.29) is 28.7 Å². The van der Waals surface area contributed by atoms with Gasteiger partial charge in [0, 0.05) is 16.7 Å². The average Bonchev–Trinajstić information content (AvgIpc) is 2.98. The van der Waals surface area contributed by atoms with Crippen molar-refractivity contribution in [1.82, 2.24) is 0 Å². The van der Waals surface area contributed by atoms with Crippen LogP contribution in [0.1, 0.15) is 26.2 Å². The molecule has 2 aliphatic rings. The van der Waals surface area contributed by atoms with Crippen LogP contribution in [0.15, 0.2) is 23.2 Å². The Morgan fingerprint density at radius 1 is 1.36 bits per heavy atom. The van der Waals surface area contributed by atoms with Gasteiger partial charge >= 0.3 is 0 Å². The first-order valence-corrected chi connectivity index (χ1v) is 11.5. The number of benzene rings is 1. The van der Waals surface area contributed by atoms with Gasteiger partial charge < -0.3 is 4.90 Å². The number of carbonyl (C=O) groups excluding carboxylic acids is 1. The number of amidine groups is 1. The Balaban J connectivity index is 1.99. The highest BCUT2D eigenvalue weighted by molar-refractivity contribution is 8.16. The molecule has 0 unspecified atom stereocenters. The largest absolute Gasteiger partial charge is 0.314 e. The van der Waals surface area contributed by atoms with Crippen molar-refractivity contribution in [3.63, 3.8) is 0 Å². The van der Waals surface area contributed by atoms with Crippen LogP contribution in [0.2, 0.25) is 10.0 Å². The average molecular weight is 421 g/mol. The lowest BCUT2D eigenvalue weighted by Crippen LogP contribution is -2.38. The SMILES string of the molecule is CCCCC(=O)N=C1S[C@H]2CS(=O)(=O)C[C@@H]2N1c1cc(Cl)ccc1Cl. The van der Waals surface area contributed by atoms with Gasteiger partial charge in [0.25, 0.3) is 0 Å². The number of thioether (sulfide) groups is 1. The molecule has 1 aromatic carbocycles. The van der Waals surface area contributed by atoms with Crippen molar-refractivity contribution < 1.29 is 13.2 Å². The Morgan fingerprint density at radius 2 is 2.12 bits per heavy atom. The molecule has 0 spiro atoms. The quantitative estimate of drug-likeness (QED) is 0.740. The molecule has 3 rings (SSSR count). The minimum absolute atomic E-state index is 0.0235. The maximum absolute atomic E-state index is 12.1. The van der Waals surface area contributed by atoms with E-state index in [1.165, 1.54) is 11.8 Å². The number of rotatable bonds is 4.